The summed E-state index contributed by atoms with van der Waals surface area (Å²) in [5.41, 5.74) is 0.442. The molecule has 6 heteroatoms. The van der Waals surface area contributed by atoms with Crippen molar-refractivity contribution in [3.05, 3.63) is 11.8 Å². The molecule has 0 aromatic carbocycles. The minimum Gasteiger partial charge on any atom is -0.353 e. The number of amides is 1. The summed E-state index contributed by atoms with van der Waals surface area (Å²) in [5.74, 6) is 0.288. The third-order valence-electron chi connectivity index (χ3n) is 1.83. The monoisotopic (exact) mass is 177 g/mol. The van der Waals surface area contributed by atoms with Crippen molar-refractivity contribution in [3.63, 3.8) is 0 Å². The number of nitrogens with one attached hydrogen (secondary N) is 3. The van der Waals surface area contributed by atoms with E-state index in [2.05, 4.69) is 20.8 Å². The van der Waals surface area contributed by atoms with Crippen LogP contribution in [0.3, 0.4) is 0 Å². The van der Waals surface area contributed by atoms with Gasteiger partial charge in [-0.3, -0.25) is 9.89 Å². The molecule has 1 aromatic rings. The number of anilines is 1. The van der Waals surface area contributed by atoms with Gasteiger partial charge >= 0.3 is 0 Å². The zero-order valence-corrected chi connectivity index (χ0v) is 6.66. The van der Waals surface area contributed by atoms with Crippen LogP contribution in [0.4, 0.5) is 5.82 Å². The molecule has 1 aromatic heterocycles. The van der Waals surface area contributed by atoms with Gasteiger partial charge in [0.2, 0.25) is 0 Å². The minimum absolute atomic E-state index is 0.214. The van der Waals surface area contributed by atoms with E-state index < -0.39 is 6.04 Å². The maximum Gasteiger partial charge on any atom is 0.256 e. The van der Waals surface area contributed by atoms with Crippen molar-refractivity contribution < 1.29 is 4.79 Å². The summed E-state index contributed by atoms with van der Waals surface area (Å²) >= 11 is 0. The van der Waals surface area contributed by atoms with Gasteiger partial charge in [-0.25, -0.2) is 0 Å². The van der Waals surface area contributed by atoms with Crippen LogP contribution in [0.1, 0.15) is 10.4 Å². The van der Waals surface area contributed by atoms with Crippen LogP contribution < -0.4 is 10.6 Å². The van der Waals surface area contributed by atoms with Crippen LogP contribution in [0.15, 0.2) is 6.20 Å². The lowest BCUT2D eigenvalue weighted by Gasteiger charge is -2.06. The number of hydrogen-bond donors (Lipinski definition) is 3. The van der Waals surface area contributed by atoms with Crippen LogP contribution in [0.25, 0.3) is 0 Å². The molecule has 1 amide bonds. The summed E-state index contributed by atoms with van der Waals surface area (Å²) in [5, 5.41) is 20.5. The van der Waals surface area contributed by atoms with Crippen LogP contribution in [0.5, 0.6) is 0 Å². The molecule has 66 valence electrons. The van der Waals surface area contributed by atoms with Crippen molar-refractivity contribution >= 4 is 11.7 Å². The Kier molecular flexibility index (Phi) is 1.63. The van der Waals surface area contributed by atoms with Gasteiger partial charge in [-0.15, -0.1) is 0 Å². The second kappa shape index (κ2) is 2.79. The third kappa shape index (κ3) is 1.20. The summed E-state index contributed by atoms with van der Waals surface area (Å²) in [6, 6.07) is 1.61. The molecule has 2 heterocycles. The standard InChI is InChI=1S/C7H7N5O/c8-1-4-2-9-7(13)5-3-10-12-6(5)11-4/h3-4H,2H2,(H,9,13)(H2,10,11,12). The van der Waals surface area contributed by atoms with Crippen molar-refractivity contribution in [1.82, 2.24) is 15.5 Å². The van der Waals surface area contributed by atoms with Crippen molar-refractivity contribution in [2.45, 2.75) is 6.04 Å². The Morgan fingerprint density at radius 3 is 3.31 bits per heavy atom. The Labute approximate surface area is 73.9 Å². The highest BCUT2D eigenvalue weighted by molar-refractivity contribution is 5.99. The Bertz CT molecular complexity index is 376. The molecule has 1 aliphatic rings. The molecule has 1 aliphatic heterocycles. The predicted molar refractivity (Wildman–Crippen MR) is 43.9 cm³/mol. The molecule has 0 spiro atoms. The molecule has 2 rings (SSSR count). The Balaban J connectivity index is 2.36. The van der Waals surface area contributed by atoms with Gasteiger partial charge in [-0.1, -0.05) is 0 Å². The fourth-order valence-corrected chi connectivity index (χ4v) is 1.16. The maximum absolute atomic E-state index is 11.3. The topological polar surface area (TPSA) is 93.6 Å². The molecule has 0 fully saturated rings. The van der Waals surface area contributed by atoms with Crippen LogP contribution in [0.2, 0.25) is 0 Å². The average Bonchev–Trinajstić information content (AvgIpc) is 2.54. The highest BCUT2D eigenvalue weighted by Gasteiger charge is 2.21. The van der Waals surface area contributed by atoms with E-state index in [4.69, 9.17) is 5.26 Å². The van der Waals surface area contributed by atoms with Gasteiger partial charge < -0.3 is 10.6 Å². The van der Waals surface area contributed by atoms with Gasteiger partial charge in [0.1, 0.15) is 17.4 Å². The van der Waals surface area contributed by atoms with E-state index in [-0.39, 0.29) is 5.91 Å². The van der Waals surface area contributed by atoms with Crippen molar-refractivity contribution in [2.75, 3.05) is 11.9 Å². The smallest absolute Gasteiger partial charge is 0.256 e. The van der Waals surface area contributed by atoms with E-state index in [1.54, 1.807) is 0 Å². The number of H-pyrrole nitrogens is 1. The molecule has 0 bridgehead atoms. The van der Waals surface area contributed by atoms with Crippen molar-refractivity contribution in [1.29, 1.82) is 5.26 Å². The number of hydrogen-bond acceptors (Lipinski definition) is 4. The molecule has 0 saturated carbocycles. The third-order valence-corrected chi connectivity index (χ3v) is 1.83. The van der Waals surface area contributed by atoms with Gasteiger partial charge in [0.25, 0.3) is 5.91 Å². The molecule has 6 nitrogen and oxygen atoms in total. The highest BCUT2D eigenvalue weighted by Crippen LogP contribution is 2.13. The van der Waals surface area contributed by atoms with Gasteiger partial charge in [-0.05, 0) is 0 Å². The molecule has 3 N–H and O–H groups in total. The average molecular weight is 177 g/mol. The number of carbonyl (C=O) groups excluding carboxylic acids is 1. The van der Waals surface area contributed by atoms with Crippen molar-refractivity contribution in [2.24, 2.45) is 0 Å². The van der Waals surface area contributed by atoms with Gasteiger partial charge in [-0.2, -0.15) is 10.4 Å². The van der Waals surface area contributed by atoms with E-state index in [9.17, 15) is 4.79 Å². The molecule has 0 saturated heterocycles. The number of aromatic nitrogens is 2. The quantitative estimate of drug-likeness (QED) is 0.496. The van der Waals surface area contributed by atoms with Crippen LogP contribution in [-0.4, -0.2) is 28.7 Å². The number of rotatable bonds is 0. The lowest BCUT2D eigenvalue weighted by Crippen LogP contribution is -2.31. The summed E-state index contributed by atoms with van der Waals surface area (Å²) < 4.78 is 0. The summed E-state index contributed by atoms with van der Waals surface area (Å²) in [6.45, 7) is 0.303. The van der Waals surface area contributed by atoms with E-state index in [0.717, 1.165) is 0 Å². The first kappa shape index (κ1) is 7.61. The Morgan fingerprint density at radius 2 is 2.54 bits per heavy atom. The zero-order chi connectivity index (χ0) is 9.26. The second-order valence-corrected chi connectivity index (χ2v) is 2.69. The Hall–Kier alpha value is -2.03. The Morgan fingerprint density at radius 1 is 1.69 bits per heavy atom. The van der Waals surface area contributed by atoms with Crippen LogP contribution in [-0.2, 0) is 0 Å². The molecular weight excluding hydrogens is 170 g/mol. The molecule has 0 radical (unpaired) electrons. The number of aromatic amines is 1. The maximum atomic E-state index is 11.3. The lowest BCUT2D eigenvalue weighted by molar-refractivity contribution is 0.0957. The van der Waals surface area contributed by atoms with Gasteiger partial charge in [0.05, 0.1) is 18.8 Å². The number of nitriles is 1. The van der Waals surface area contributed by atoms with Gasteiger partial charge in [0, 0.05) is 0 Å². The fraction of sp³-hybridized carbons (Fsp3) is 0.286. The zero-order valence-electron chi connectivity index (χ0n) is 6.66. The van der Waals surface area contributed by atoms with Gasteiger partial charge in [0.15, 0.2) is 0 Å². The largest absolute Gasteiger partial charge is 0.353 e. The number of carbonyl (C=O) groups is 1. The molecule has 1 unspecified atom stereocenters. The normalized spacial score (nSPS) is 20.5. The van der Waals surface area contributed by atoms with Crippen molar-refractivity contribution in [3.8, 4) is 6.07 Å². The molecular formula is C7H7N5O. The first-order valence-electron chi connectivity index (χ1n) is 3.79. The predicted octanol–water partition coefficient (Wildman–Crippen LogP) is -0.543. The van der Waals surface area contributed by atoms with Crippen LogP contribution in [0, 0.1) is 11.3 Å². The minimum atomic E-state index is -0.411. The van der Waals surface area contributed by atoms with E-state index in [1.165, 1.54) is 6.20 Å². The summed E-state index contributed by atoms with van der Waals surface area (Å²) in [6.07, 6.45) is 1.43. The summed E-state index contributed by atoms with van der Waals surface area (Å²) in [4.78, 5) is 11.3. The lowest BCUT2D eigenvalue weighted by atomic mass is 10.3. The molecule has 0 aliphatic carbocycles. The number of nitrogens with zero attached hydrogens (tertiary/aromatic N) is 2. The fourth-order valence-electron chi connectivity index (χ4n) is 1.16. The SMILES string of the molecule is N#CC1CNC(=O)c2cn[nH]c2N1. The molecule has 13 heavy (non-hydrogen) atoms. The van der Waals surface area contributed by atoms with E-state index in [0.29, 0.717) is 17.9 Å². The van der Waals surface area contributed by atoms with E-state index in [1.807, 2.05) is 6.07 Å². The first-order chi connectivity index (χ1) is 6.31. The van der Waals surface area contributed by atoms with Crippen LogP contribution >= 0.6 is 0 Å². The first-order valence-corrected chi connectivity index (χ1v) is 3.79. The highest BCUT2D eigenvalue weighted by atomic mass is 16.1. The summed E-state index contributed by atoms with van der Waals surface area (Å²) in [7, 11) is 0. The number of fused-ring (bicyclic) bond motifs is 1. The molecule has 1 atom stereocenters. The van der Waals surface area contributed by atoms with E-state index >= 15 is 0 Å². The second-order valence-electron chi connectivity index (χ2n) is 2.69.